The van der Waals surface area contributed by atoms with E-state index >= 15 is 0 Å². The molecule has 0 radical (unpaired) electrons. The Bertz CT molecular complexity index is 1010. The van der Waals surface area contributed by atoms with E-state index in [1.165, 1.54) is 5.56 Å². The van der Waals surface area contributed by atoms with Crippen molar-refractivity contribution in [2.75, 3.05) is 6.54 Å². The molecule has 7 heteroatoms. The fourth-order valence-corrected chi connectivity index (χ4v) is 4.37. The fraction of sp³-hybridized carbons (Fsp3) is 0.318. The Kier molecular flexibility index (Phi) is 6.73. The van der Waals surface area contributed by atoms with Gasteiger partial charge in [-0.3, -0.25) is 9.78 Å². The van der Waals surface area contributed by atoms with Gasteiger partial charge in [0.15, 0.2) is 0 Å². The van der Waals surface area contributed by atoms with Crippen molar-refractivity contribution < 1.29 is 0 Å². The number of nitrogens with two attached hydrogens (primary N) is 1. The molecule has 29 heavy (non-hydrogen) atoms. The molecule has 0 atom stereocenters. The maximum Gasteiger partial charge on any atom is 0.267 e. The summed E-state index contributed by atoms with van der Waals surface area (Å²) in [6, 6.07) is 15.2. The Morgan fingerprint density at radius 3 is 2.59 bits per heavy atom. The van der Waals surface area contributed by atoms with E-state index in [0.717, 1.165) is 42.0 Å². The summed E-state index contributed by atoms with van der Waals surface area (Å²) >= 11 is 6.20. The molecule has 2 aromatic heterocycles. The molecular weight excluding hydrogens is 407 g/mol. The maximum absolute atomic E-state index is 12.5. The number of rotatable bonds is 4. The van der Waals surface area contributed by atoms with Crippen molar-refractivity contribution >= 4 is 24.0 Å². The van der Waals surface area contributed by atoms with Crippen LogP contribution in [0.1, 0.15) is 37.3 Å². The lowest BCUT2D eigenvalue weighted by Crippen LogP contribution is -2.41. The van der Waals surface area contributed by atoms with Crippen molar-refractivity contribution in [2.45, 2.75) is 37.1 Å². The smallest absolute Gasteiger partial charge is 0.267 e. The maximum atomic E-state index is 12.5. The summed E-state index contributed by atoms with van der Waals surface area (Å²) in [5, 5.41) is 5.37. The highest BCUT2D eigenvalue weighted by molar-refractivity contribution is 6.30. The first-order valence-electron chi connectivity index (χ1n) is 9.58. The fourth-order valence-electron chi connectivity index (χ4n) is 4.18. The van der Waals surface area contributed by atoms with Crippen LogP contribution in [0.15, 0.2) is 65.7 Å². The summed E-state index contributed by atoms with van der Waals surface area (Å²) < 4.78 is 1.64. The van der Waals surface area contributed by atoms with E-state index in [2.05, 4.69) is 16.1 Å². The van der Waals surface area contributed by atoms with Crippen LogP contribution in [0.3, 0.4) is 0 Å². The van der Waals surface area contributed by atoms with Crippen LogP contribution in [0, 0.1) is 0 Å². The predicted octanol–water partition coefficient (Wildman–Crippen LogP) is 4.39. The van der Waals surface area contributed by atoms with Gasteiger partial charge in [-0.25, -0.2) is 4.68 Å². The first kappa shape index (κ1) is 21.5. The molecular formula is C22H24Cl2N4O. The Balaban J connectivity index is 0.00000240. The lowest BCUT2D eigenvalue weighted by Gasteiger charge is -2.40. The van der Waals surface area contributed by atoms with Crippen LogP contribution in [0.25, 0.3) is 11.3 Å². The highest BCUT2D eigenvalue weighted by atomic mass is 35.5. The van der Waals surface area contributed by atoms with Crippen LogP contribution in [0.2, 0.25) is 5.02 Å². The molecule has 3 aromatic rings. The predicted molar refractivity (Wildman–Crippen MR) is 119 cm³/mol. The van der Waals surface area contributed by atoms with Crippen LogP contribution < -0.4 is 11.3 Å². The molecule has 0 bridgehead atoms. The molecule has 1 aliphatic carbocycles. The number of aromatic nitrogens is 3. The molecule has 0 spiro atoms. The van der Waals surface area contributed by atoms with E-state index in [9.17, 15) is 4.79 Å². The zero-order valence-corrected chi connectivity index (χ0v) is 17.6. The number of hydrogen-bond donors (Lipinski definition) is 1. The monoisotopic (exact) mass is 430 g/mol. The highest BCUT2D eigenvalue weighted by Gasteiger charge is 2.37. The van der Waals surface area contributed by atoms with Gasteiger partial charge in [-0.1, -0.05) is 23.7 Å². The van der Waals surface area contributed by atoms with E-state index in [0.29, 0.717) is 6.54 Å². The molecule has 4 rings (SSSR count). The highest BCUT2D eigenvalue weighted by Crippen LogP contribution is 2.42. The van der Waals surface area contributed by atoms with Gasteiger partial charge in [-0.15, -0.1) is 12.4 Å². The number of pyridine rings is 1. The summed E-state index contributed by atoms with van der Waals surface area (Å²) in [5.41, 5.74) is 8.89. The van der Waals surface area contributed by atoms with Gasteiger partial charge in [0, 0.05) is 41.0 Å². The van der Waals surface area contributed by atoms with Gasteiger partial charge in [-0.05, 0) is 61.6 Å². The van der Waals surface area contributed by atoms with Gasteiger partial charge in [0.05, 0.1) is 11.7 Å². The molecule has 1 saturated carbocycles. The second-order valence-corrected chi connectivity index (χ2v) is 7.91. The minimum atomic E-state index is -0.0913. The average Bonchev–Trinajstić information content (AvgIpc) is 2.75. The SMILES string of the molecule is Cl.NC[C@]1(c2cccc(Cl)c2)CC[C@H](n2nc(-c3cccnc3)ccc2=O)CC1. The third-order valence-electron chi connectivity index (χ3n) is 5.87. The van der Waals surface area contributed by atoms with Gasteiger partial charge in [0.1, 0.15) is 0 Å². The standard InChI is InChI=1S/C22H23ClN4O.ClH/c23-18-5-1-4-17(13-18)22(15-24)10-8-19(9-11-22)27-21(28)7-6-20(26-27)16-3-2-12-25-14-16;/h1-7,12-14,19H,8-11,15,24H2;1H/t19-,22-;. The number of halogens is 2. The van der Waals surface area contributed by atoms with E-state index in [4.69, 9.17) is 17.3 Å². The third kappa shape index (κ3) is 4.37. The Labute approximate surface area is 181 Å². The summed E-state index contributed by atoms with van der Waals surface area (Å²) in [5.74, 6) is 0. The lowest BCUT2D eigenvalue weighted by atomic mass is 9.68. The van der Waals surface area contributed by atoms with E-state index < -0.39 is 0 Å². The molecule has 2 N–H and O–H groups in total. The van der Waals surface area contributed by atoms with E-state index in [-0.39, 0.29) is 29.4 Å². The zero-order chi connectivity index (χ0) is 19.6. The number of hydrogen-bond acceptors (Lipinski definition) is 4. The molecule has 1 aliphatic rings. The summed E-state index contributed by atoms with van der Waals surface area (Å²) in [4.78, 5) is 16.6. The summed E-state index contributed by atoms with van der Waals surface area (Å²) in [7, 11) is 0. The molecule has 2 heterocycles. The zero-order valence-electron chi connectivity index (χ0n) is 16.0. The van der Waals surface area contributed by atoms with Gasteiger partial charge in [0.25, 0.3) is 5.56 Å². The van der Waals surface area contributed by atoms with Gasteiger partial charge < -0.3 is 5.73 Å². The van der Waals surface area contributed by atoms with E-state index in [1.807, 2.05) is 30.3 Å². The first-order valence-corrected chi connectivity index (χ1v) is 9.95. The second-order valence-electron chi connectivity index (χ2n) is 7.47. The van der Waals surface area contributed by atoms with Crippen molar-refractivity contribution in [3.05, 3.63) is 81.9 Å². The second kappa shape index (κ2) is 9.08. The molecule has 1 aromatic carbocycles. The van der Waals surface area contributed by atoms with Crippen molar-refractivity contribution in [2.24, 2.45) is 5.73 Å². The Hall–Kier alpha value is -2.21. The van der Waals surface area contributed by atoms with Crippen LogP contribution in [0.5, 0.6) is 0 Å². The molecule has 152 valence electrons. The summed E-state index contributed by atoms with van der Waals surface area (Å²) in [6.45, 7) is 0.568. The van der Waals surface area contributed by atoms with Crippen LogP contribution in [0.4, 0.5) is 0 Å². The van der Waals surface area contributed by atoms with Crippen molar-refractivity contribution in [1.82, 2.24) is 14.8 Å². The molecule has 1 fully saturated rings. The summed E-state index contributed by atoms with van der Waals surface area (Å²) in [6.07, 6.45) is 7.00. The topological polar surface area (TPSA) is 73.8 Å². The van der Waals surface area contributed by atoms with Crippen LogP contribution in [-0.4, -0.2) is 21.3 Å². The van der Waals surface area contributed by atoms with Gasteiger partial charge in [0.2, 0.25) is 0 Å². The first-order chi connectivity index (χ1) is 13.6. The van der Waals surface area contributed by atoms with Crippen molar-refractivity contribution in [1.29, 1.82) is 0 Å². The Morgan fingerprint density at radius 2 is 1.93 bits per heavy atom. The third-order valence-corrected chi connectivity index (χ3v) is 6.10. The molecule has 5 nitrogen and oxygen atoms in total. The largest absolute Gasteiger partial charge is 0.330 e. The lowest BCUT2D eigenvalue weighted by molar-refractivity contribution is 0.222. The van der Waals surface area contributed by atoms with Crippen LogP contribution >= 0.6 is 24.0 Å². The quantitative estimate of drug-likeness (QED) is 0.665. The molecule has 0 aliphatic heterocycles. The molecule has 0 unspecified atom stereocenters. The number of benzene rings is 1. The van der Waals surface area contributed by atoms with Crippen molar-refractivity contribution in [3.8, 4) is 11.3 Å². The van der Waals surface area contributed by atoms with E-state index in [1.54, 1.807) is 29.2 Å². The van der Waals surface area contributed by atoms with Gasteiger partial charge in [-0.2, -0.15) is 5.10 Å². The normalized spacial score (nSPS) is 21.4. The van der Waals surface area contributed by atoms with Gasteiger partial charge >= 0.3 is 0 Å². The number of nitrogens with zero attached hydrogens (tertiary/aromatic N) is 3. The molecule has 0 saturated heterocycles. The minimum absolute atomic E-state index is 0. The minimum Gasteiger partial charge on any atom is -0.330 e. The Morgan fingerprint density at radius 1 is 1.14 bits per heavy atom. The average molecular weight is 431 g/mol. The molecule has 0 amide bonds. The van der Waals surface area contributed by atoms with Crippen LogP contribution in [-0.2, 0) is 5.41 Å². The van der Waals surface area contributed by atoms with Crippen molar-refractivity contribution in [3.63, 3.8) is 0 Å².